The summed E-state index contributed by atoms with van der Waals surface area (Å²) >= 11 is 0. The van der Waals surface area contributed by atoms with Crippen molar-refractivity contribution in [3.05, 3.63) is 24.3 Å². The van der Waals surface area contributed by atoms with E-state index in [1.54, 1.807) is 12.1 Å². The van der Waals surface area contributed by atoms with Gasteiger partial charge in [-0.15, -0.1) is 0 Å². The third-order valence-electron chi connectivity index (χ3n) is 3.48. The highest BCUT2D eigenvalue weighted by atomic mass is 32.2. The SMILES string of the molecule is NCCC1(CNc2ccc(S(N)(=O)=O)cc2)CC1. The molecule has 1 aromatic carbocycles. The monoisotopic (exact) mass is 269 g/mol. The van der Waals surface area contributed by atoms with Gasteiger partial charge in [-0.3, -0.25) is 0 Å². The Kier molecular flexibility index (Phi) is 3.61. The van der Waals surface area contributed by atoms with E-state index in [0.29, 0.717) is 12.0 Å². The molecule has 0 heterocycles. The van der Waals surface area contributed by atoms with Crippen LogP contribution >= 0.6 is 0 Å². The van der Waals surface area contributed by atoms with E-state index < -0.39 is 10.0 Å². The van der Waals surface area contributed by atoms with Crippen molar-refractivity contribution < 1.29 is 8.42 Å². The van der Waals surface area contributed by atoms with E-state index in [4.69, 9.17) is 10.9 Å². The number of nitrogens with two attached hydrogens (primary N) is 2. The van der Waals surface area contributed by atoms with E-state index in [9.17, 15) is 8.42 Å². The Balaban J connectivity index is 1.95. The van der Waals surface area contributed by atoms with Gasteiger partial charge in [0.15, 0.2) is 0 Å². The van der Waals surface area contributed by atoms with Gasteiger partial charge in [0.05, 0.1) is 4.90 Å². The Labute approximate surface area is 108 Å². The maximum atomic E-state index is 11.1. The summed E-state index contributed by atoms with van der Waals surface area (Å²) in [6.07, 6.45) is 3.47. The predicted octanol–water partition coefficient (Wildman–Crippen LogP) is 0.875. The molecule has 0 spiro atoms. The molecule has 0 atom stereocenters. The standard InChI is InChI=1S/C12H19N3O2S/c13-8-7-12(5-6-12)9-15-10-1-3-11(4-2-10)18(14,16)17/h1-4,15H,5-9,13H2,(H2,14,16,17). The van der Waals surface area contributed by atoms with Gasteiger partial charge in [-0.25, -0.2) is 13.6 Å². The van der Waals surface area contributed by atoms with Crippen LogP contribution in [0.15, 0.2) is 29.2 Å². The molecule has 100 valence electrons. The summed E-state index contributed by atoms with van der Waals surface area (Å²) in [5.41, 5.74) is 6.85. The van der Waals surface area contributed by atoms with Crippen LogP contribution in [0.3, 0.4) is 0 Å². The van der Waals surface area contributed by atoms with E-state index in [1.165, 1.54) is 25.0 Å². The second-order valence-electron chi connectivity index (χ2n) is 4.96. The molecular formula is C12H19N3O2S. The number of hydrogen-bond acceptors (Lipinski definition) is 4. The van der Waals surface area contributed by atoms with Gasteiger partial charge in [0, 0.05) is 12.2 Å². The summed E-state index contributed by atoms with van der Waals surface area (Å²) in [6, 6.07) is 6.50. The quantitative estimate of drug-likeness (QED) is 0.713. The Morgan fingerprint density at radius 3 is 2.28 bits per heavy atom. The molecule has 0 saturated heterocycles. The van der Waals surface area contributed by atoms with E-state index >= 15 is 0 Å². The van der Waals surface area contributed by atoms with Crippen LogP contribution in [-0.4, -0.2) is 21.5 Å². The Bertz CT molecular complexity index is 507. The average Bonchev–Trinajstić information content (AvgIpc) is 3.07. The molecule has 0 radical (unpaired) electrons. The zero-order valence-electron chi connectivity index (χ0n) is 10.2. The Morgan fingerprint density at radius 1 is 1.22 bits per heavy atom. The number of nitrogens with one attached hydrogen (secondary N) is 1. The highest BCUT2D eigenvalue weighted by Gasteiger charge is 2.41. The maximum Gasteiger partial charge on any atom is 0.238 e. The van der Waals surface area contributed by atoms with Gasteiger partial charge < -0.3 is 11.1 Å². The van der Waals surface area contributed by atoms with Gasteiger partial charge in [-0.2, -0.15) is 0 Å². The molecule has 6 heteroatoms. The van der Waals surface area contributed by atoms with Gasteiger partial charge in [0.1, 0.15) is 0 Å². The number of anilines is 1. The summed E-state index contributed by atoms with van der Waals surface area (Å²) in [5, 5.41) is 8.36. The minimum absolute atomic E-state index is 0.135. The fraction of sp³-hybridized carbons (Fsp3) is 0.500. The van der Waals surface area contributed by atoms with Crippen LogP contribution < -0.4 is 16.2 Å². The van der Waals surface area contributed by atoms with E-state index in [-0.39, 0.29) is 4.90 Å². The molecule has 0 aromatic heterocycles. The summed E-state index contributed by atoms with van der Waals surface area (Å²) < 4.78 is 22.2. The van der Waals surface area contributed by atoms with Crippen molar-refractivity contribution in [3.8, 4) is 0 Å². The van der Waals surface area contributed by atoms with Gasteiger partial charge in [0.2, 0.25) is 10.0 Å². The summed E-state index contributed by atoms with van der Waals surface area (Å²) in [6.45, 7) is 1.60. The lowest BCUT2D eigenvalue weighted by atomic mass is 10.0. The van der Waals surface area contributed by atoms with Crippen LogP contribution in [0.5, 0.6) is 0 Å². The zero-order valence-corrected chi connectivity index (χ0v) is 11.0. The first-order valence-corrected chi connectivity index (χ1v) is 7.57. The molecule has 0 aliphatic heterocycles. The number of rotatable bonds is 6. The minimum Gasteiger partial charge on any atom is -0.384 e. The van der Waals surface area contributed by atoms with E-state index in [1.807, 2.05) is 0 Å². The first kappa shape index (κ1) is 13.3. The molecule has 5 nitrogen and oxygen atoms in total. The molecule has 2 rings (SSSR count). The normalized spacial score (nSPS) is 17.4. The van der Waals surface area contributed by atoms with Crippen LogP contribution in [-0.2, 0) is 10.0 Å². The molecule has 0 unspecified atom stereocenters. The van der Waals surface area contributed by atoms with Crippen molar-refractivity contribution in [2.24, 2.45) is 16.3 Å². The van der Waals surface area contributed by atoms with Crippen molar-refractivity contribution in [1.29, 1.82) is 0 Å². The van der Waals surface area contributed by atoms with Crippen molar-refractivity contribution in [2.75, 3.05) is 18.4 Å². The highest BCUT2D eigenvalue weighted by molar-refractivity contribution is 7.89. The smallest absolute Gasteiger partial charge is 0.238 e. The number of sulfonamides is 1. The van der Waals surface area contributed by atoms with Crippen LogP contribution in [0.1, 0.15) is 19.3 Å². The van der Waals surface area contributed by atoms with Crippen LogP contribution in [0.25, 0.3) is 0 Å². The highest BCUT2D eigenvalue weighted by Crippen LogP contribution is 2.48. The largest absolute Gasteiger partial charge is 0.384 e. The van der Waals surface area contributed by atoms with Gasteiger partial charge in [0.25, 0.3) is 0 Å². The van der Waals surface area contributed by atoms with Crippen LogP contribution in [0, 0.1) is 5.41 Å². The fourth-order valence-electron chi connectivity index (χ4n) is 2.05. The molecule has 5 N–H and O–H groups in total. The molecule has 1 aliphatic rings. The summed E-state index contributed by atoms with van der Waals surface area (Å²) in [5.74, 6) is 0. The molecule has 1 aromatic rings. The van der Waals surface area contributed by atoms with Gasteiger partial charge in [-0.1, -0.05) is 0 Å². The van der Waals surface area contributed by atoms with Crippen molar-refractivity contribution in [2.45, 2.75) is 24.2 Å². The van der Waals surface area contributed by atoms with Gasteiger partial charge in [-0.05, 0) is 55.5 Å². The number of benzene rings is 1. The second-order valence-corrected chi connectivity index (χ2v) is 6.52. The number of hydrogen-bond donors (Lipinski definition) is 3. The molecule has 1 fully saturated rings. The fourth-order valence-corrected chi connectivity index (χ4v) is 2.57. The first-order valence-electron chi connectivity index (χ1n) is 6.02. The third-order valence-corrected chi connectivity index (χ3v) is 4.41. The molecule has 0 amide bonds. The topological polar surface area (TPSA) is 98.2 Å². The average molecular weight is 269 g/mol. The summed E-state index contributed by atoms with van der Waals surface area (Å²) in [4.78, 5) is 0.135. The molecule has 1 aliphatic carbocycles. The molecular weight excluding hydrogens is 250 g/mol. The van der Waals surface area contributed by atoms with Crippen molar-refractivity contribution in [3.63, 3.8) is 0 Å². The zero-order chi connectivity index (χ0) is 13.2. The predicted molar refractivity (Wildman–Crippen MR) is 71.6 cm³/mol. The maximum absolute atomic E-state index is 11.1. The van der Waals surface area contributed by atoms with Gasteiger partial charge >= 0.3 is 0 Å². The van der Waals surface area contributed by atoms with Crippen molar-refractivity contribution in [1.82, 2.24) is 0 Å². The number of primary sulfonamides is 1. The Morgan fingerprint density at radius 2 is 1.83 bits per heavy atom. The van der Waals surface area contributed by atoms with Crippen LogP contribution in [0.2, 0.25) is 0 Å². The second kappa shape index (κ2) is 4.87. The lowest BCUT2D eigenvalue weighted by Gasteiger charge is -2.15. The van der Waals surface area contributed by atoms with E-state index in [0.717, 1.165) is 18.7 Å². The Hall–Kier alpha value is -1.11. The lowest BCUT2D eigenvalue weighted by molar-refractivity contribution is 0.501. The van der Waals surface area contributed by atoms with E-state index in [2.05, 4.69) is 5.32 Å². The molecule has 1 saturated carbocycles. The van der Waals surface area contributed by atoms with Crippen LogP contribution in [0.4, 0.5) is 5.69 Å². The lowest BCUT2D eigenvalue weighted by Crippen LogP contribution is -2.19. The third kappa shape index (κ3) is 3.22. The molecule has 18 heavy (non-hydrogen) atoms. The summed E-state index contributed by atoms with van der Waals surface area (Å²) in [7, 11) is -3.60. The van der Waals surface area contributed by atoms with Crippen molar-refractivity contribution >= 4 is 15.7 Å². The first-order chi connectivity index (χ1) is 8.45. The minimum atomic E-state index is -3.60. The molecule has 0 bridgehead atoms.